The monoisotopic (exact) mass is 492 g/mol. The van der Waals surface area contributed by atoms with E-state index >= 15 is 0 Å². The topological polar surface area (TPSA) is 66.7 Å². The van der Waals surface area contributed by atoms with Gasteiger partial charge in [-0.25, -0.2) is 0 Å². The van der Waals surface area contributed by atoms with Crippen molar-refractivity contribution in [2.24, 2.45) is 12.0 Å². The number of piperidine rings is 1. The minimum Gasteiger partial charge on any atom is -0.377 e. The van der Waals surface area contributed by atoms with Crippen LogP contribution < -0.4 is 10.6 Å². The van der Waals surface area contributed by atoms with Crippen LogP contribution in [0.1, 0.15) is 43.6 Å². The fourth-order valence-electron chi connectivity index (χ4n) is 3.35. The van der Waals surface area contributed by atoms with Gasteiger partial charge in [-0.3, -0.25) is 9.67 Å². The van der Waals surface area contributed by atoms with Gasteiger partial charge in [0.2, 0.25) is 0 Å². The van der Waals surface area contributed by atoms with Crippen molar-refractivity contribution >= 4 is 29.9 Å². The van der Waals surface area contributed by atoms with Crippen LogP contribution in [0.2, 0.25) is 0 Å². The average molecular weight is 492 g/mol. The fourth-order valence-corrected chi connectivity index (χ4v) is 3.35. The van der Waals surface area contributed by atoms with E-state index < -0.39 is 0 Å². The summed E-state index contributed by atoms with van der Waals surface area (Å²) in [6, 6.07) is 0.472. The predicted octanol–water partition coefficient (Wildman–Crippen LogP) is 2.21. The molecule has 1 aliphatic heterocycles. The Labute approximate surface area is 181 Å². The van der Waals surface area contributed by atoms with E-state index in [0.29, 0.717) is 12.1 Å². The number of hydrogen-bond acceptors (Lipinski definition) is 4. The molecule has 7 nitrogen and oxygen atoms in total. The Morgan fingerprint density at radius 1 is 1.30 bits per heavy atom. The van der Waals surface area contributed by atoms with Crippen LogP contribution in [0.3, 0.4) is 0 Å². The van der Waals surface area contributed by atoms with Gasteiger partial charge in [0.15, 0.2) is 5.96 Å². The molecule has 0 atom stereocenters. The minimum atomic E-state index is 0. The number of ether oxygens (including phenoxy) is 1. The van der Waals surface area contributed by atoms with Gasteiger partial charge in [0.25, 0.3) is 0 Å². The van der Waals surface area contributed by atoms with Crippen molar-refractivity contribution in [2.75, 3.05) is 33.3 Å². The van der Waals surface area contributed by atoms with E-state index in [9.17, 15) is 0 Å². The van der Waals surface area contributed by atoms with Crippen molar-refractivity contribution in [1.82, 2.24) is 25.3 Å². The number of guanidine groups is 1. The van der Waals surface area contributed by atoms with Gasteiger partial charge in [-0.1, -0.05) is 0 Å². The van der Waals surface area contributed by atoms with E-state index in [1.165, 1.54) is 11.3 Å². The van der Waals surface area contributed by atoms with Crippen LogP contribution in [0.15, 0.2) is 4.99 Å². The van der Waals surface area contributed by atoms with E-state index in [4.69, 9.17) is 4.74 Å². The van der Waals surface area contributed by atoms with Crippen LogP contribution in [0.5, 0.6) is 0 Å². The third-order valence-electron chi connectivity index (χ3n) is 5.10. The SMILES string of the molecule is CN=C(NCc1c(C)nn(C)c1C)NC1CCN(CCOC(C)C)CC1.I. The number of aliphatic imine (C=N–C) groups is 1. The molecule has 0 spiro atoms. The van der Waals surface area contributed by atoms with Crippen molar-refractivity contribution < 1.29 is 4.74 Å². The van der Waals surface area contributed by atoms with E-state index in [1.807, 2.05) is 18.8 Å². The van der Waals surface area contributed by atoms with Crippen LogP contribution in [0.4, 0.5) is 0 Å². The van der Waals surface area contributed by atoms with Crippen LogP contribution in [-0.2, 0) is 18.3 Å². The lowest BCUT2D eigenvalue weighted by atomic mass is 10.1. The second-order valence-electron chi connectivity index (χ2n) is 7.38. The van der Waals surface area contributed by atoms with Crippen LogP contribution in [-0.4, -0.2) is 66.1 Å². The number of nitrogens with one attached hydrogen (secondary N) is 2. The largest absolute Gasteiger partial charge is 0.377 e. The molecule has 0 bridgehead atoms. The smallest absolute Gasteiger partial charge is 0.191 e. The number of likely N-dealkylation sites (tertiary alicyclic amines) is 1. The highest BCUT2D eigenvalue weighted by atomic mass is 127. The maximum Gasteiger partial charge on any atom is 0.191 e. The standard InChI is InChI=1S/C19H36N6O.HI/c1-14(2)26-12-11-25-9-7-17(8-10-25)22-19(20-5)21-13-18-15(3)23-24(6)16(18)4;/h14,17H,7-13H2,1-6H3,(H2,20,21,22);1H. The maximum absolute atomic E-state index is 5.66. The first-order valence-corrected chi connectivity index (χ1v) is 9.71. The highest BCUT2D eigenvalue weighted by Crippen LogP contribution is 2.12. The Hall–Kier alpha value is -0.870. The molecular weight excluding hydrogens is 455 g/mol. The van der Waals surface area contributed by atoms with Crippen LogP contribution in [0, 0.1) is 13.8 Å². The van der Waals surface area contributed by atoms with E-state index in [1.54, 1.807) is 0 Å². The Balaban J connectivity index is 0.00000364. The molecule has 156 valence electrons. The lowest BCUT2D eigenvalue weighted by Crippen LogP contribution is -2.49. The second-order valence-corrected chi connectivity index (χ2v) is 7.38. The zero-order chi connectivity index (χ0) is 19.1. The number of hydrogen-bond donors (Lipinski definition) is 2. The van der Waals surface area contributed by atoms with Gasteiger partial charge < -0.3 is 20.3 Å². The van der Waals surface area contributed by atoms with E-state index in [2.05, 4.69) is 53.3 Å². The Bertz CT molecular complexity index is 593. The van der Waals surface area contributed by atoms with Crippen LogP contribution in [0.25, 0.3) is 0 Å². The minimum absolute atomic E-state index is 0. The number of nitrogens with zero attached hydrogens (tertiary/aromatic N) is 4. The van der Waals surface area contributed by atoms with Crippen molar-refractivity contribution in [3.05, 3.63) is 17.0 Å². The Morgan fingerprint density at radius 2 is 1.96 bits per heavy atom. The second kappa shape index (κ2) is 11.9. The number of aromatic nitrogens is 2. The van der Waals surface area contributed by atoms with Gasteiger partial charge in [0.1, 0.15) is 0 Å². The molecule has 0 radical (unpaired) electrons. The van der Waals surface area contributed by atoms with Gasteiger partial charge in [0, 0.05) is 57.6 Å². The van der Waals surface area contributed by atoms with Gasteiger partial charge >= 0.3 is 0 Å². The predicted molar refractivity (Wildman–Crippen MR) is 122 cm³/mol. The molecule has 27 heavy (non-hydrogen) atoms. The average Bonchev–Trinajstić information content (AvgIpc) is 2.85. The number of rotatable bonds is 7. The molecular formula is C19H37IN6O. The molecule has 0 aliphatic carbocycles. The molecule has 2 rings (SSSR count). The van der Waals surface area contributed by atoms with Gasteiger partial charge in [-0.15, -0.1) is 24.0 Å². The molecule has 2 heterocycles. The molecule has 1 aromatic heterocycles. The molecule has 0 unspecified atom stereocenters. The third kappa shape index (κ3) is 7.57. The third-order valence-corrected chi connectivity index (χ3v) is 5.10. The summed E-state index contributed by atoms with van der Waals surface area (Å²) in [7, 11) is 3.82. The molecule has 0 amide bonds. The van der Waals surface area contributed by atoms with Gasteiger partial charge in [-0.2, -0.15) is 5.10 Å². The van der Waals surface area contributed by atoms with Gasteiger partial charge in [0.05, 0.1) is 18.4 Å². The zero-order valence-corrected chi connectivity index (χ0v) is 20.0. The Kier molecular flexibility index (Phi) is 10.6. The molecule has 0 aromatic carbocycles. The summed E-state index contributed by atoms with van der Waals surface area (Å²) >= 11 is 0. The summed E-state index contributed by atoms with van der Waals surface area (Å²) in [5, 5.41) is 11.5. The summed E-state index contributed by atoms with van der Waals surface area (Å²) in [5.74, 6) is 0.870. The first-order chi connectivity index (χ1) is 12.4. The first kappa shape index (κ1) is 24.2. The normalized spacial score (nSPS) is 16.5. The summed E-state index contributed by atoms with van der Waals surface area (Å²) in [4.78, 5) is 6.87. The zero-order valence-electron chi connectivity index (χ0n) is 17.7. The number of halogens is 1. The van der Waals surface area contributed by atoms with Crippen molar-refractivity contribution in [3.63, 3.8) is 0 Å². The highest BCUT2D eigenvalue weighted by molar-refractivity contribution is 14.0. The molecule has 8 heteroatoms. The van der Waals surface area contributed by atoms with Crippen LogP contribution >= 0.6 is 24.0 Å². The van der Waals surface area contributed by atoms with Crippen molar-refractivity contribution in [2.45, 2.75) is 59.2 Å². The molecule has 0 saturated carbocycles. The maximum atomic E-state index is 5.66. The Morgan fingerprint density at radius 3 is 2.48 bits per heavy atom. The first-order valence-electron chi connectivity index (χ1n) is 9.71. The molecule has 1 aromatic rings. The van der Waals surface area contributed by atoms with Crippen molar-refractivity contribution in [1.29, 1.82) is 0 Å². The summed E-state index contributed by atoms with van der Waals surface area (Å²) < 4.78 is 7.59. The number of aryl methyl sites for hydroxylation is 2. The lowest BCUT2D eigenvalue weighted by Gasteiger charge is -2.33. The quantitative estimate of drug-likeness (QED) is 0.347. The molecule has 2 N–H and O–H groups in total. The summed E-state index contributed by atoms with van der Waals surface area (Å²) in [6.45, 7) is 13.1. The molecule has 1 saturated heterocycles. The van der Waals surface area contributed by atoms with E-state index in [0.717, 1.165) is 57.3 Å². The molecule has 1 fully saturated rings. The summed E-state index contributed by atoms with van der Waals surface area (Å²) in [5.41, 5.74) is 3.52. The fraction of sp³-hybridized carbons (Fsp3) is 0.789. The lowest BCUT2D eigenvalue weighted by molar-refractivity contribution is 0.0532. The van der Waals surface area contributed by atoms with Gasteiger partial charge in [-0.05, 0) is 40.5 Å². The highest BCUT2D eigenvalue weighted by Gasteiger charge is 2.20. The summed E-state index contributed by atoms with van der Waals surface area (Å²) in [6.07, 6.45) is 2.58. The molecule has 1 aliphatic rings. The van der Waals surface area contributed by atoms with Crippen molar-refractivity contribution in [3.8, 4) is 0 Å². The van der Waals surface area contributed by atoms with E-state index in [-0.39, 0.29) is 24.0 Å².